The van der Waals surface area contributed by atoms with E-state index in [0.29, 0.717) is 6.42 Å². The molecule has 2 nitrogen and oxygen atoms in total. The predicted octanol–water partition coefficient (Wildman–Crippen LogP) is 2.31. The van der Waals surface area contributed by atoms with Gasteiger partial charge in [0, 0.05) is 0 Å². The van der Waals surface area contributed by atoms with E-state index in [2.05, 4.69) is 4.74 Å². The van der Waals surface area contributed by atoms with Gasteiger partial charge in [0.1, 0.15) is 0 Å². The fraction of sp³-hybridized carbons (Fsp3) is 0.800. The minimum Gasteiger partial charge on any atom is -0.444 e. The smallest absolute Gasteiger partial charge is 0.340 e. The highest BCUT2D eigenvalue weighted by molar-refractivity contribution is 6.53. The van der Waals surface area contributed by atoms with Gasteiger partial charge in [-0.2, -0.15) is 0 Å². The Morgan fingerprint density at radius 1 is 1.50 bits per heavy atom. The van der Waals surface area contributed by atoms with E-state index in [0.717, 1.165) is 0 Å². The zero-order valence-corrected chi connectivity index (χ0v) is 7.58. The maximum Gasteiger partial charge on any atom is 0.340 e. The van der Waals surface area contributed by atoms with Gasteiger partial charge in [-0.3, -0.25) is 0 Å². The third-order valence-corrected chi connectivity index (χ3v) is 1.50. The molecule has 0 aliphatic rings. The van der Waals surface area contributed by atoms with E-state index >= 15 is 0 Å². The molecule has 0 radical (unpaired) electrons. The van der Waals surface area contributed by atoms with Crippen LogP contribution in [0.3, 0.4) is 0 Å². The van der Waals surface area contributed by atoms with Crippen molar-refractivity contribution in [2.24, 2.45) is 0 Å². The van der Waals surface area contributed by atoms with Gasteiger partial charge in [-0.15, -0.1) is 0 Å². The highest BCUT2D eigenvalue weighted by Crippen LogP contribution is 2.09. The average molecular weight is 205 g/mol. The summed E-state index contributed by atoms with van der Waals surface area (Å²) in [5, 5.41) is 0. The van der Waals surface area contributed by atoms with Crippen LogP contribution in [0.2, 0.25) is 0 Å². The molecule has 0 aromatic carbocycles. The first kappa shape index (κ1) is 10.3. The fourth-order valence-electron chi connectivity index (χ4n) is 0.261. The minimum absolute atomic E-state index is 0.536. The Labute approximate surface area is 74.4 Å². The molecule has 0 aromatic heterocycles. The summed E-state index contributed by atoms with van der Waals surface area (Å²) in [7, 11) is 0. The van der Waals surface area contributed by atoms with E-state index in [4.69, 9.17) is 34.8 Å². The normalized spacial score (nSPS) is 13.3. The number of carbonyl (C=O) groups is 1. The number of esters is 1. The molecule has 0 bridgehead atoms. The van der Waals surface area contributed by atoms with Crippen molar-refractivity contribution in [1.29, 1.82) is 0 Å². The SMILES string of the molecule is CCC(Cl)OC(=O)C(Cl)Cl. The van der Waals surface area contributed by atoms with Crippen LogP contribution in [0.1, 0.15) is 13.3 Å². The van der Waals surface area contributed by atoms with E-state index < -0.39 is 16.4 Å². The van der Waals surface area contributed by atoms with Crippen molar-refractivity contribution in [3.8, 4) is 0 Å². The lowest BCUT2D eigenvalue weighted by molar-refractivity contribution is -0.143. The van der Waals surface area contributed by atoms with Gasteiger partial charge in [0.05, 0.1) is 0 Å². The molecule has 0 fully saturated rings. The van der Waals surface area contributed by atoms with Gasteiger partial charge in [0.2, 0.25) is 4.84 Å². The van der Waals surface area contributed by atoms with Crippen LogP contribution in [0, 0.1) is 0 Å². The lowest BCUT2D eigenvalue weighted by atomic mass is 10.5. The van der Waals surface area contributed by atoms with Crippen LogP contribution in [-0.4, -0.2) is 16.4 Å². The topological polar surface area (TPSA) is 26.3 Å². The van der Waals surface area contributed by atoms with Gasteiger partial charge in [0.15, 0.2) is 5.56 Å². The monoisotopic (exact) mass is 204 g/mol. The van der Waals surface area contributed by atoms with Gasteiger partial charge in [-0.05, 0) is 6.42 Å². The number of hydrogen-bond acceptors (Lipinski definition) is 2. The van der Waals surface area contributed by atoms with Gasteiger partial charge in [0.25, 0.3) is 0 Å². The Morgan fingerprint density at radius 3 is 2.30 bits per heavy atom. The average Bonchev–Trinajstić information content (AvgIpc) is 1.87. The molecule has 5 heteroatoms. The number of rotatable bonds is 3. The molecule has 0 aliphatic heterocycles. The van der Waals surface area contributed by atoms with Crippen LogP contribution in [0.4, 0.5) is 0 Å². The third kappa shape index (κ3) is 4.20. The number of halogens is 3. The van der Waals surface area contributed by atoms with E-state index in [-0.39, 0.29) is 0 Å². The second kappa shape index (κ2) is 5.05. The molecule has 60 valence electrons. The summed E-state index contributed by atoms with van der Waals surface area (Å²) >= 11 is 15.8. The van der Waals surface area contributed by atoms with Crippen LogP contribution < -0.4 is 0 Å². The second-order valence-corrected chi connectivity index (χ2v) is 3.14. The number of hydrogen-bond donors (Lipinski definition) is 0. The molecule has 0 saturated heterocycles. The van der Waals surface area contributed by atoms with Gasteiger partial charge in [-0.25, -0.2) is 4.79 Å². The van der Waals surface area contributed by atoms with Crippen LogP contribution in [0.15, 0.2) is 0 Å². The fourth-order valence-corrected chi connectivity index (χ4v) is 0.451. The van der Waals surface area contributed by atoms with Crippen molar-refractivity contribution in [2.45, 2.75) is 23.7 Å². The second-order valence-electron chi connectivity index (χ2n) is 1.56. The quantitative estimate of drug-likeness (QED) is 0.522. The lowest BCUT2D eigenvalue weighted by Gasteiger charge is -2.08. The Morgan fingerprint density at radius 2 is 2.00 bits per heavy atom. The van der Waals surface area contributed by atoms with Crippen molar-refractivity contribution in [3.05, 3.63) is 0 Å². The molecule has 0 N–H and O–H groups in total. The standard InChI is InChI=1S/C5H7Cl3O2/c1-2-3(6)10-5(9)4(7)8/h3-4H,2H2,1H3. The summed E-state index contributed by atoms with van der Waals surface area (Å²) in [6, 6.07) is 0. The summed E-state index contributed by atoms with van der Waals surface area (Å²) < 4.78 is 4.52. The van der Waals surface area contributed by atoms with Crippen LogP contribution in [0.25, 0.3) is 0 Å². The number of alkyl halides is 3. The van der Waals surface area contributed by atoms with Gasteiger partial charge < -0.3 is 4.74 Å². The van der Waals surface area contributed by atoms with Crippen molar-refractivity contribution in [2.75, 3.05) is 0 Å². The largest absolute Gasteiger partial charge is 0.444 e. The van der Waals surface area contributed by atoms with Gasteiger partial charge >= 0.3 is 5.97 Å². The summed E-state index contributed by atoms with van der Waals surface area (Å²) in [5.41, 5.74) is -0.632. The number of ether oxygens (including phenoxy) is 1. The minimum atomic E-state index is -1.15. The van der Waals surface area contributed by atoms with Crippen LogP contribution in [-0.2, 0) is 9.53 Å². The highest BCUT2D eigenvalue weighted by atomic mass is 35.5. The Balaban J connectivity index is 3.57. The zero-order chi connectivity index (χ0) is 8.15. The molecule has 1 unspecified atom stereocenters. The third-order valence-electron chi connectivity index (χ3n) is 0.743. The molecular weight excluding hydrogens is 198 g/mol. The zero-order valence-electron chi connectivity index (χ0n) is 5.31. The molecule has 0 aliphatic carbocycles. The molecule has 0 heterocycles. The van der Waals surface area contributed by atoms with E-state index in [1.807, 2.05) is 0 Å². The maximum absolute atomic E-state index is 10.5. The molecule has 0 aromatic rings. The molecule has 0 amide bonds. The lowest BCUT2D eigenvalue weighted by Crippen LogP contribution is -2.17. The Kier molecular flexibility index (Phi) is 5.22. The van der Waals surface area contributed by atoms with Crippen molar-refractivity contribution >= 4 is 40.8 Å². The molecular formula is C5H7Cl3O2. The molecule has 0 saturated carbocycles. The molecule has 1 atom stereocenters. The summed E-state index contributed by atoms with van der Waals surface area (Å²) in [6.07, 6.45) is 0.536. The molecule has 0 spiro atoms. The maximum atomic E-state index is 10.5. The first-order valence-corrected chi connectivity index (χ1v) is 4.01. The van der Waals surface area contributed by atoms with Crippen LogP contribution in [0.5, 0.6) is 0 Å². The Bertz CT molecular complexity index is 115. The Hall–Kier alpha value is 0.340. The molecule has 0 rings (SSSR count). The first-order valence-electron chi connectivity index (χ1n) is 2.70. The van der Waals surface area contributed by atoms with E-state index in [9.17, 15) is 4.79 Å². The number of carbonyl (C=O) groups excluding carboxylic acids is 1. The van der Waals surface area contributed by atoms with Crippen molar-refractivity contribution < 1.29 is 9.53 Å². The predicted molar refractivity (Wildman–Crippen MR) is 41.5 cm³/mol. The summed E-state index contributed by atoms with van der Waals surface area (Å²) in [5.74, 6) is -0.704. The first-order chi connectivity index (χ1) is 4.57. The summed E-state index contributed by atoms with van der Waals surface area (Å²) in [6.45, 7) is 1.78. The molecule has 10 heavy (non-hydrogen) atoms. The van der Waals surface area contributed by atoms with Gasteiger partial charge in [-0.1, -0.05) is 41.7 Å². The van der Waals surface area contributed by atoms with Crippen LogP contribution >= 0.6 is 34.8 Å². The van der Waals surface area contributed by atoms with E-state index in [1.54, 1.807) is 6.92 Å². The van der Waals surface area contributed by atoms with Crippen molar-refractivity contribution in [1.82, 2.24) is 0 Å². The summed E-state index contributed by atoms with van der Waals surface area (Å²) in [4.78, 5) is 9.40. The van der Waals surface area contributed by atoms with E-state index in [1.165, 1.54) is 0 Å². The highest BCUT2D eigenvalue weighted by Gasteiger charge is 2.16. The van der Waals surface area contributed by atoms with Crippen molar-refractivity contribution in [3.63, 3.8) is 0 Å².